The van der Waals surface area contributed by atoms with Crippen LogP contribution >= 0.6 is 0 Å². The summed E-state index contributed by atoms with van der Waals surface area (Å²) in [6.45, 7) is 10.7. The molecule has 0 radical (unpaired) electrons. The minimum absolute atomic E-state index is 0.859. The number of hydrogen-bond acceptors (Lipinski definition) is 2. The average Bonchev–Trinajstić information content (AvgIpc) is 2.55. The second kappa shape index (κ2) is 8.43. The third-order valence-electron chi connectivity index (χ3n) is 4.79. The van der Waals surface area contributed by atoms with Crippen LogP contribution in [0.3, 0.4) is 0 Å². The summed E-state index contributed by atoms with van der Waals surface area (Å²) >= 11 is 0. The molecule has 0 spiro atoms. The number of ether oxygens (including phenoxy) is 1. The predicted molar refractivity (Wildman–Crippen MR) is 91.2 cm³/mol. The highest BCUT2D eigenvalue weighted by Gasteiger charge is 2.12. The van der Waals surface area contributed by atoms with Gasteiger partial charge in [-0.15, -0.1) is 0 Å². The predicted octanol–water partition coefficient (Wildman–Crippen LogP) is 4.45. The first-order valence-corrected chi connectivity index (χ1v) is 8.69. The van der Waals surface area contributed by atoms with Crippen molar-refractivity contribution >= 4 is 5.69 Å². The van der Waals surface area contributed by atoms with Crippen LogP contribution in [0.5, 0.6) is 0 Å². The second-order valence-electron chi connectivity index (χ2n) is 6.31. The molecule has 0 aromatic heterocycles. The molecule has 2 nitrogen and oxygen atoms in total. The van der Waals surface area contributed by atoms with Crippen molar-refractivity contribution in [1.29, 1.82) is 0 Å². The van der Waals surface area contributed by atoms with Crippen LogP contribution in [0, 0.1) is 5.92 Å². The van der Waals surface area contributed by atoms with E-state index in [0.29, 0.717) is 0 Å². The minimum atomic E-state index is 0.859. The molecule has 1 aliphatic rings. The maximum Gasteiger partial charge on any atom is 0.0642 e. The second-order valence-corrected chi connectivity index (χ2v) is 6.31. The molecule has 2 rings (SSSR count). The van der Waals surface area contributed by atoms with E-state index >= 15 is 0 Å². The number of anilines is 1. The van der Waals surface area contributed by atoms with Crippen LogP contribution in [0.2, 0.25) is 0 Å². The summed E-state index contributed by atoms with van der Waals surface area (Å²) in [4.78, 5) is 2.45. The van der Waals surface area contributed by atoms with Gasteiger partial charge in [0.15, 0.2) is 0 Å². The molecular formula is C19H31NO. The molecule has 1 aliphatic heterocycles. The van der Waals surface area contributed by atoms with Crippen molar-refractivity contribution in [2.24, 2.45) is 5.92 Å². The number of morpholine rings is 1. The summed E-state index contributed by atoms with van der Waals surface area (Å²) in [7, 11) is 0. The maximum atomic E-state index is 5.45. The van der Waals surface area contributed by atoms with Gasteiger partial charge in [0, 0.05) is 18.8 Å². The first kappa shape index (κ1) is 16.4. The molecule has 1 aromatic carbocycles. The van der Waals surface area contributed by atoms with E-state index in [1.165, 1.54) is 36.9 Å². The molecule has 0 N–H and O–H groups in total. The van der Waals surface area contributed by atoms with Crippen LogP contribution in [0.15, 0.2) is 18.2 Å². The Labute approximate surface area is 130 Å². The lowest BCUT2D eigenvalue weighted by Gasteiger charge is -2.29. The molecule has 0 amide bonds. The zero-order valence-electron chi connectivity index (χ0n) is 14.0. The Balaban J connectivity index is 1.98. The molecular weight excluding hydrogens is 258 g/mol. The highest BCUT2D eigenvalue weighted by molar-refractivity contribution is 5.51. The topological polar surface area (TPSA) is 12.5 Å². The van der Waals surface area contributed by atoms with Crippen molar-refractivity contribution in [1.82, 2.24) is 0 Å². The molecule has 118 valence electrons. The maximum absolute atomic E-state index is 5.45. The zero-order chi connectivity index (χ0) is 15.1. The summed E-state index contributed by atoms with van der Waals surface area (Å²) in [5.41, 5.74) is 4.46. The first-order valence-electron chi connectivity index (χ1n) is 8.69. The van der Waals surface area contributed by atoms with Gasteiger partial charge >= 0.3 is 0 Å². The molecule has 0 bridgehead atoms. The van der Waals surface area contributed by atoms with Gasteiger partial charge in [-0.05, 0) is 48.4 Å². The monoisotopic (exact) mass is 289 g/mol. The molecule has 21 heavy (non-hydrogen) atoms. The largest absolute Gasteiger partial charge is 0.378 e. The number of rotatable bonds is 7. The lowest BCUT2D eigenvalue weighted by Crippen LogP contribution is -2.36. The SMILES string of the molecule is CCc1cc(N2CCOCC2)ccc1CCCC(C)CC. The third-order valence-corrected chi connectivity index (χ3v) is 4.79. The Morgan fingerprint density at radius 2 is 1.90 bits per heavy atom. The number of hydrogen-bond donors (Lipinski definition) is 0. The standard InChI is InChI=1S/C19H31NO/c1-4-16(3)7-6-8-18-9-10-19(15-17(18)5-2)20-11-13-21-14-12-20/h9-10,15-16H,4-8,11-14H2,1-3H3. The Morgan fingerprint density at radius 1 is 1.14 bits per heavy atom. The molecule has 1 fully saturated rings. The van der Waals surface area contributed by atoms with Gasteiger partial charge in [0.1, 0.15) is 0 Å². The number of benzene rings is 1. The summed E-state index contributed by atoms with van der Waals surface area (Å²) in [6.07, 6.45) is 6.34. The lowest BCUT2D eigenvalue weighted by atomic mass is 9.95. The Morgan fingerprint density at radius 3 is 2.57 bits per heavy atom. The molecule has 2 heteroatoms. The first-order chi connectivity index (χ1) is 10.2. The van der Waals surface area contributed by atoms with Gasteiger partial charge in [-0.25, -0.2) is 0 Å². The van der Waals surface area contributed by atoms with Gasteiger partial charge in [0.25, 0.3) is 0 Å². The highest BCUT2D eigenvalue weighted by Crippen LogP contribution is 2.23. The fourth-order valence-electron chi connectivity index (χ4n) is 3.05. The van der Waals surface area contributed by atoms with E-state index in [4.69, 9.17) is 4.74 Å². The molecule has 1 saturated heterocycles. The van der Waals surface area contributed by atoms with Gasteiger partial charge < -0.3 is 9.64 Å². The average molecular weight is 289 g/mol. The highest BCUT2D eigenvalue weighted by atomic mass is 16.5. The van der Waals surface area contributed by atoms with E-state index in [2.05, 4.69) is 43.9 Å². The van der Waals surface area contributed by atoms with E-state index in [9.17, 15) is 0 Å². The summed E-state index contributed by atoms with van der Waals surface area (Å²) in [5, 5.41) is 0. The summed E-state index contributed by atoms with van der Waals surface area (Å²) in [5.74, 6) is 0.864. The Bertz CT molecular complexity index is 424. The van der Waals surface area contributed by atoms with Crippen LogP contribution in [0.25, 0.3) is 0 Å². The van der Waals surface area contributed by atoms with Crippen molar-refractivity contribution in [3.63, 3.8) is 0 Å². The molecule has 1 aromatic rings. The fraction of sp³-hybridized carbons (Fsp3) is 0.684. The normalized spacial score (nSPS) is 17.0. The molecule has 1 atom stereocenters. The van der Waals surface area contributed by atoms with E-state index in [-0.39, 0.29) is 0 Å². The van der Waals surface area contributed by atoms with Crippen molar-refractivity contribution in [3.8, 4) is 0 Å². The fourth-order valence-corrected chi connectivity index (χ4v) is 3.05. The van der Waals surface area contributed by atoms with E-state index in [1.54, 1.807) is 5.56 Å². The van der Waals surface area contributed by atoms with Gasteiger partial charge in [-0.2, -0.15) is 0 Å². The lowest BCUT2D eigenvalue weighted by molar-refractivity contribution is 0.122. The van der Waals surface area contributed by atoms with Crippen LogP contribution in [-0.2, 0) is 17.6 Å². The Kier molecular flexibility index (Phi) is 6.56. The smallest absolute Gasteiger partial charge is 0.0642 e. The third kappa shape index (κ3) is 4.74. The molecule has 1 heterocycles. The van der Waals surface area contributed by atoms with Crippen molar-refractivity contribution in [2.75, 3.05) is 31.2 Å². The number of aryl methyl sites for hydroxylation is 2. The van der Waals surface area contributed by atoms with Gasteiger partial charge in [-0.1, -0.05) is 39.7 Å². The van der Waals surface area contributed by atoms with E-state index < -0.39 is 0 Å². The van der Waals surface area contributed by atoms with E-state index in [1.807, 2.05) is 0 Å². The zero-order valence-corrected chi connectivity index (χ0v) is 14.0. The number of nitrogens with zero attached hydrogens (tertiary/aromatic N) is 1. The van der Waals surface area contributed by atoms with Gasteiger partial charge in [0.2, 0.25) is 0 Å². The van der Waals surface area contributed by atoms with E-state index in [0.717, 1.165) is 38.6 Å². The molecule has 1 unspecified atom stereocenters. The van der Waals surface area contributed by atoms with Crippen LogP contribution < -0.4 is 4.90 Å². The summed E-state index contributed by atoms with van der Waals surface area (Å²) in [6, 6.07) is 7.08. The molecule has 0 saturated carbocycles. The van der Waals surface area contributed by atoms with Crippen molar-refractivity contribution < 1.29 is 4.74 Å². The minimum Gasteiger partial charge on any atom is -0.378 e. The van der Waals surface area contributed by atoms with Crippen LogP contribution in [0.4, 0.5) is 5.69 Å². The van der Waals surface area contributed by atoms with Crippen LogP contribution in [0.1, 0.15) is 51.2 Å². The quantitative estimate of drug-likeness (QED) is 0.735. The van der Waals surface area contributed by atoms with Crippen molar-refractivity contribution in [3.05, 3.63) is 29.3 Å². The van der Waals surface area contributed by atoms with Gasteiger partial charge in [0.05, 0.1) is 13.2 Å². The summed E-state index contributed by atoms with van der Waals surface area (Å²) < 4.78 is 5.45. The van der Waals surface area contributed by atoms with Crippen molar-refractivity contribution in [2.45, 2.75) is 52.9 Å². The Hall–Kier alpha value is -1.02. The van der Waals surface area contributed by atoms with Gasteiger partial charge in [-0.3, -0.25) is 0 Å². The van der Waals surface area contributed by atoms with Crippen LogP contribution in [-0.4, -0.2) is 26.3 Å². The molecule has 0 aliphatic carbocycles.